The summed E-state index contributed by atoms with van der Waals surface area (Å²) in [5.74, 6) is 0.335. The summed E-state index contributed by atoms with van der Waals surface area (Å²) in [5.41, 5.74) is 1.83. The maximum Gasteiger partial charge on any atom is 0.253 e. The van der Waals surface area contributed by atoms with Gasteiger partial charge >= 0.3 is 0 Å². The van der Waals surface area contributed by atoms with Crippen molar-refractivity contribution < 1.29 is 9.59 Å². The second-order valence-electron chi connectivity index (χ2n) is 7.84. The molecule has 1 spiro atoms. The van der Waals surface area contributed by atoms with Gasteiger partial charge in [0, 0.05) is 61.9 Å². The Morgan fingerprint density at radius 3 is 2.81 bits per heavy atom. The van der Waals surface area contributed by atoms with E-state index in [0.29, 0.717) is 13.0 Å². The number of H-pyrrole nitrogens is 1. The summed E-state index contributed by atoms with van der Waals surface area (Å²) in [6.07, 6.45) is 7.81. The van der Waals surface area contributed by atoms with Gasteiger partial charge in [-0.2, -0.15) is 0 Å². The third kappa shape index (κ3) is 3.89. The van der Waals surface area contributed by atoms with Crippen molar-refractivity contribution in [1.82, 2.24) is 19.8 Å². The summed E-state index contributed by atoms with van der Waals surface area (Å²) >= 11 is 0. The number of hydrogen-bond donors (Lipinski definition) is 1. The maximum absolute atomic E-state index is 12.9. The van der Waals surface area contributed by atoms with Gasteiger partial charge in [0.2, 0.25) is 5.91 Å². The van der Waals surface area contributed by atoms with Crippen molar-refractivity contribution in [3.05, 3.63) is 54.1 Å². The minimum atomic E-state index is 0.0323. The number of amides is 2. The summed E-state index contributed by atoms with van der Waals surface area (Å²) in [7, 11) is 0. The third-order valence-electron chi connectivity index (χ3n) is 5.92. The topological polar surface area (TPSA) is 69.3 Å². The fourth-order valence-corrected chi connectivity index (χ4v) is 4.46. The van der Waals surface area contributed by atoms with E-state index in [2.05, 4.69) is 9.97 Å². The summed E-state index contributed by atoms with van der Waals surface area (Å²) in [6, 6.07) is 9.50. The normalized spacial score (nSPS) is 23.0. The van der Waals surface area contributed by atoms with E-state index in [4.69, 9.17) is 0 Å². The Balaban J connectivity index is 1.43. The molecule has 27 heavy (non-hydrogen) atoms. The first-order valence-corrected chi connectivity index (χ1v) is 9.75. The molecule has 0 aliphatic carbocycles. The molecule has 0 bridgehead atoms. The largest absolute Gasteiger partial charge is 0.348 e. The first-order chi connectivity index (χ1) is 13.2. The number of hydrogen-bond acceptors (Lipinski definition) is 3. The third-order valence-corrected chi connectivity index (χ3v) is 5.92. The standard InChI is InChI=1S/C21H26N4O2/c26-19-7-10-21(14-24(19)12-8-18-13-22-16-23-18)9-4-11-25(15-21)20(27)17-5-2-1-3-6-17/h1-3,5-6,13,16H,4,7-12,14-15H2,(H,22,23). The molecule has 2 amide bonds. The molecule has 2 fully saturated rings. The second-order valence-corrected chi connectivity index (χ2v) is 7.84. The van der Waals surface area contributed by atoms with Crippen LogP contribution in [0.1, 0.15) is 41.7 Å². The minimum Gasteiger partial charge on any atom is -0.348 e. The Labute approximate surface area is 159 Å². The molecule has 4 rings (SSSR count). The Morgan fingerprint density at radius 2 is 2.04 bits per heavy atom. The molecular formula is C21H26N4O2. The lowest BCUT2D eigenvalue weighted by Gasteiger charge is -2.48. The summed E-state index contributed by atoms with van der Waals surface area (Å²) in [4.78, 5) is 36.4. The first-order valence-electron chi connectivity index (χ1n) is 9.75. The van der Waals surface area contributed by atoms with Crippen LogP contribution in [0.2, 0.25) is 0 Å². The molecule has 1 aromatic carbocycles. The molecule has 142 valence electrons. The van der Waals surface area contributed by atoms with Gasteiger partial charge in [-0.1, -0.05) is 18.2 Å². The van der Waals surface area contributed by atoms with Gasteiger partial charge in [0.05, 0.1) is 6.33 Å². The lowest BCUT2D eigenvalue weighted by molar-refractivity contribution is -0.138. The zero-order chi connectivity index (χ0) is 18.7. The number of rotatable bonds is 4. The molecule has 2 saturated heterocycles. The maximum atomic E-state index is 12.9. The Hall–Kier alpha value is -2.63. The number of imidazole rings is 1. The molecular weight excluding hydrogens is 340 g/mol. The van der Waals surface area contributed by atoms with E-state index in [1.165, 1.54) is 0 Å². The number of benzene rings is 1. The summed E-state index contributed by atoms with van der Waals surface area (Å²) in [6.45, 7) is 3.00. The first kappa shape index (κ1) is 17.8. The number of nitrogens with zero attached hydrogens (tertiary/aromatic N) is 3. The molecule has 1 aromatic heterocycles. The molecule has 2 aliphatic heterocycles. The number of aromatic amines is 1. The van der Waals surface area contributed by atoms with E-state index in [9.17, 15) is 9.59 Å². The van der Waals surface area contributed by atoms with Crippen LogP contribution in [0.15, 0.2) is 42.9 Å². The van der Waals surface area contributed by atoms with Gasteiger partial charge in [0.1, 0.15) is 0 Å². The van der Waals surface area contributed by atoms with Gasteiger partial charge < -0.3 is 14.8 Å². The lowest BCUT2D eigenvalue weighted by atomic mass is 9.73. The highest BCUT2D eigenvalue weighted by molar-refractivity contribution is 5.94. The lowest BCUT2D eigenvalue weighted by Crippen LogP contribution is -2.55. The van der Waals surface area contributed by atoms with Crippen LogP contribution in [0.5, 0.6) is 0 Å². The highest BCUT2D eigenvalue weighted by Gasteiger charge is 2.42. The monoisotopic (exact) mass is 366 g/mol. The molecule has 3 heterocycles. The van der Waals surface area contributed by atoms with E-state index < -0.39 is 0 Å². The molecule has 1 N–H and O–H groups in total. The second kappa shape index (κ2) is 7.55. The van der Waals surface area contributed by atoms with Crippen LogP contribution in [-0.4, -0.2) is 57.8 Å². The smallest absolute Gasteiger partial charge is 0.253 e. The Bertz CT molecular complexity index is 790. The van der Waals surface area contributed by atoms with Crippen LogP contribution in [0.25, 0.3) is 0 Å². The number of carbonyl (C=O) groups is 2. The van der Waals surface area contributed by atoms with Gasteiger partial charge in [0.25, 0.3) is 5.91 Å². The van der Waals surface area contributed by atoms with Gasteiger partial charge in [0.15, 0.2) is 0 Å². The number of carbonyl (C=O) groups excluding carboxylic acids is 2. The SMILES string of the molecule is O=C1CCC2(CCCN(C(=O)c3ccccc3)C2)CN1CCc1cnc[nH]1. The quantitative estimate of drug-likeness (QED) is 0.904. The molecule has 1 unspecified atom stereocenters. The Morgan fingerprint density at radius 1 is 1.19 bits per heavy atom. The van der Waals surface area contributed by atoms with Crippen LogP contribution in [0.3, 0.4) is 0 Å². The van der Waals surface area contributed by atoms with Crippen LogP contribution >= 0.6 is 0 Å². The fraction of sp³-hybridized carbons (Fsp3) is 0.476. The molecule has 6 nitrogen and oxygen atoms in total. The van der Waals surface area contributed by atoms with E-state index in [0.717, 1.165) is 56.6 Å². The van der Waals surface area contributed by atoms with Crippen molar-refractivity contribution in [3.8, 4) is 0 Å². The van der Waals surface area contributed by atoms with Gasteiger partial charge in [-0.15, -0.1) is 0 Å². The van der Waals surface area contributed by atoms with Crippen molar-refractivity contribution in [2.24, 2.45) is 5.41 Å². The zero-order valence-electron chi connectivity index (χ0n) is 15.6. The minimum absolute atomic E-state index is 0.0323. The molecule has 1 atom stereocenters. The van der Waals surface area contributed by atoms with Crippen LogP contribution in [0, 0.1) is 5.41 Å². The van der Waals surface area contributed by atoms with Crippen molar-refractivity contribution in [3.63, 3.8) is 0 Å². The van der Waals surface area contributed by atoms with Gasteiger partial charge in [-0.05, 0) is 31.4 Å². The molecule has 0 radical (unpaired) electrons. The van der Waals surface area contributed by atoms with Gasteiger partial charge in [-0.3, -0.25) is 9.59 Å². The van der Waals surface area contributed by atoms with E-state index in [1.54, 1.807) is 6.33 Å². The van der Waals surface area contributed by atoms with Gasteiger partial charge in [-0.25, -0.2) is 4.98 Å². The Kier molecular flexibility index (Phi) is 4.97. The van der Waals surface area contributed by atoms with Crippen molar-refractivity contribution in [1.29, 1.82) is 0 Å². The number of nitrogens with one attached hydrogen (secondary N) is 1. The average Bonchev–Trinajstić information content (AvgIpc) is 3.23. The van der Waals surface area contributed by atoms with E-state index >= 15 is 0 Å². The van der Waals surface area contributed by atoms with Crippen molar-refractivity contribution in [2.75, 3.05) is 26.2 Å². The highest BCUT2D eigenvalue weighted by atomic mass is 16.2. The summed E-state index contributed by atoms with van der Waals surface area (Å²) < 4.78 is 0. The fourth-order valence-electron chi connectivity index (χ4n) is 4.46. The predicted molar refractivity (Wildman–Crippen MR) is 102 cm³/mol. The van der Waals surface area contributed by atoms with Crippen LogP contribution in [-0.2, 0) is 11.2 Å². The number of piperidine rings is 2. The molecule has 2 aromatic rings. The molecule has 2 aliphatic rings. The van der Waals surface area contributed by atoms with Crippen molar-refractivity contribution in [2.45, 2.75) is 32.1 Å². The zero-order valence-corrected chi connectivity index (χ0v) is 15.6. The summed E-state index contributed by atoms with van der Waals surface area (Å²) in [5, 5.41) is 0. The highest BCUT2D eigenvalue weighted by Crippen LogP contribution is 2.39. The predicted octanol–water partition coefficient (Wildman–Crippen LogP) is 2.50. The van der Waals surface area contributed by atoms with Crippen LogP contribution < -0.4 is 0 Å². The average molecular weight is 366 g/mol. The van der Waals surface area contributed by atoms with E-state index in [1.807, 2.05) is 46.3 Å². The molecule has 0 saturated carbocycles. The molecule has 6 heteroatoms. The van der Waals surface area contributed by atoms with E-state index in [-0.39, 0.29) is 17.2 Å². The number of likely N-dealkylation sites (tertiary alicyclic amines) is 2. The van der Waals surface area contributed by atoms with Crippen molar-refractivity contribution >= 4 is 11.8 Å². The number of aromatic nitrogens is 2. The van der Waals surface area contributed by atoms with Crippen LogP contribution in [0.4, 0.5) is 0 Å².